The van der Waals surface area contributed by atoms with Crippen molar-refractivity contribution in [3.05, 3.63) is 92.5 Å². The van der Waals surface area contributed by atoms with Gasteiger partial charge in [-0.05, 0) is 30.3 Å². The number of nitrogens with one attached hydrogen (secondary N) is 3. The van der Waals surface area contributed by atoms with E-state index in [9.17, 15) is 14.0 Å². The van der Waals surface area contributed by atoms with Crippen LogP contribution in [0, 0.1) is 0 Å². The number of methoxy groups -OCH3 is 1. The van der Waals surface area contributed by atoms with E-state index in [0.29, 0.717) is 34.6 Å². The van der Waals surface area contributed by atoms with Crippen LogP contribution in [0.4, 0.5) is 4.39 Å². The molecule has 3 heterocycles. The predicted molar refractivity (Wildman–Crippen MR) is 127 cm³/mol. The Labute approximate surface area is 198 Å². The first kappa shape index (κ1) is 23.4. The molecule has 0 aliphatic rings. The number of aromatic nitrogens is 3. The molecule has 0 fully saturated rings. The van der Waals surface area contributed by atoms with Gasteiger partial charge in [0.1, 0.15) is 5.75 Å². The number of rotatable bonds is 10. The Bertz CT molecular complexity index is 1330. The zero-order valence-electron chi connectivity index (χ0n) is 18.4. The number of para-hydroxylation sites is 1. The highest BCUT2D eigenvalue weighted by atomic mass is 32.1. The number of hydrogen-bond acceptors (Lipinski definition) is 6. The number of amides is 1. The standard InChI is InChI=1S/C24H23FN4O4S/c1-32-13-19-18(11-16-8-9-21(34-16)17-6-4-10-26-23(17)30)22(29-28-19)24(31)27-12-15-5-2-3-7-20(15)33-14-25/h2-10H,11-14H2,1H3,(H,26,30)(H,27,31)(H,28,29). The van der Waals surface area contributed by atoms with Gasteiger partial charge in [-0.2, -0.15) is 5.10 Å². The number of aromatic amines is 2. The molecule has 0 radical (unpaired) electrons. The van der Waals surface area contributed by atoms with Crippen molar-refractivity contribution in [1.82, 2.24) is 20.5 Å². The molecule has 0 saturated carbocycles. The number of ether oxygens (including phenoxy) is 2. The van der Waals surface area contributed by atoms with Crippen molar-refractivity contribution in [2.24, 2.45) is 0 Å². The van der Waals surface area contributed by atoms with Crippen molar-refractivity contribution in [3.8, 4) is 16.2 Å². The molecule has 0 spiro atoms. The highest BCUT2D eigenvalue weighted by molar-refractivity contribution is 7.15. The normalized spacial score (nSPS) is 10.9. The average molecular weight is 483 g/mol. The zero-order valence-corrected chi connectivity index (χ0v) is 19.2. The second kappa shape index (κ2) is 10.9. The van der Waals surface area contributed by atoms with Gasteiger partial charge in [0, 0.05) is 47.2 Å². The quantitative estimate of drug-likeness (QED) is 0.319. The molecule has 0 aliphatic heterocycles. The number of carbonyl (C=O) groups is 1. The van der Waals surface area contributed by atoms with Gasteiger partial charge < -0.3 is 19.8 Å². The SMILES string of the molecule is COCc1[nH]nc(C(=O)NCc2ccccc2OCF)c1Cc1ccc(-c2ccc[nH]c2=O)s1. The van der Waals surface area contributed by atoms with E-state index in [4.69, 9.17) is 9.47 Å². The Morgan fingerprint density at radius 3 is 2.82 bits per heavy atom. The molecule has 1 aromatic carbocycles. The van der Waals surface area contributed by atoms with E-state index in [-0.39, 0.29) is 30.3 Å². The number of halogens is 1. The van der Waals surface area contributed by atoms with Crippen molar-refractivity contribution >= 4 is 17.2 Å². The number of alkyl halides is 1. The lowest BCUT2D eigenvalue weighted by atomic mass is 10.1. The Hall–Kier alpha value is -3.76. The summed E-state index contributed by atoms with van der Waals surface area (Å²) in [4.78, 5) is 29.6. The Balaban J connectivity index is 1.55. The summed E-state index contributed by atoms with van der Waals surface area (Å²) in [6, 6.07) is 14.3. The minimum Gasteiger partial charge on any atom is -0.463 e. The van der Waals surface area contributed by atoms with Crippen LogP contribution in [-0.4, -0.2) is 35.1 Å². The lowest BCUT2D eigenvalue weighted by molar-refractivity contribution is 0.0944. The van der Waals surface area contributed by atoms with Crippen molar-refractivity contribution in [2.75, 3.05) is 14.0 Å². The fourth-order valence-corrected chi connectivity index (χ4v) is 4.60. The van der Waals surface area contributed by atoms with E-state index in [1.165, 1.54) is 11.3 Å². The summed E-state index contributed by atoms with van der Waals surface area (Å²) >= 11 is 1.48. The van der Waals surface area contributed by atoms with Gasteiger partial charge in [-0.15, -0.1) is 11.3 Å². The number of hydrogen-bond donors (Lipinski definition) is 3. The molecular formula is C24H23FN4O4S. The van der Waals surface area contributed by atoms with Crippen LogP contribution in [0.3, 0.4) is 0 Å². The van der Waals surface area contributed by atoms with Crippen molar-refractivity contribution in [2.45, 2.75) is 19.6 Å². The summed E-state index contributed by atoms with van der Waals surface area (Å²) in [7, 11) is 1.57. The molecule has 0 aliphatic carbocycles. The van der Waals surface area contributed by atoms with E-state index in [1.54, 1.807) is 49.7 Å². The molecule has 8 nitrogen and oxygen atoms in total. The van der Waals surface area contributed by atoms with E-state index in [2.05, 4.69) is 20.5 Å². The maximum atomic E-state index is 13.0. The van der Waals surface area contributed by atoms with Crippen LogP contribution in [0.25, 0.3) is 10.4 Å². The first-order valence-corrected chi connectivity index (χ1v) is 11.3. The zero-order chi connectivity index (χ0) is 23.9. The molecule has 4 rings (SSSR count). The summed E-state index contributed by atoms with van der Waals surface area (Å²) in [5.74, 6) is -0.00502. The van der Waals surface area contributed by atoms with Crippen LogP contribution in [0.15, 0.2) is 59.5 Å². The summed E-state index contributed by atoms with van der Waals surface area (Å²) in [5.41, 5.74) is 2.75. The molecule has 10 heteroatoms. The second-order valence-corrected chi connectivity index (χ2v) is 8.53. The molecule has 1 amide bonds. The highest BCUT2D eigenvalue weighted by Crippen LogP contribution is 2.29. The number of pyridine rings is 1. The molecule has 3 N–H and O–H groups in total. The minimum absolute atomic E-state index is 0.154. The fraction of sp³-hybridized carbons (Fsp3) is 0.208. The van der Waals surface area contributed by atoms with Crippen LogP contribution in [-0.2, 0) is 24.3 Å². The molecule has 0 atom stereocenters. The van der Waals surface area contributed by atoms with Crippen molar-refractivity contribution in [3.63, 3.8) is 0 Å². The average Bonchev–Trinajstić information content (AvgIpc) is 3.47. The van der Waals surface area contributed by atoms with Gasteiger partial charge in [0.2, 0.25) is 6.86 Å². The maximum Gasteiger partial charge on any atom is 0.272 e. The Kier molecular flexibility index (Phi) is 7.51. The van der Waals surface area contributed by atoms with Crippen LogP contribution in [0.2, 0.25) is 0 Å². The number of thiophene rings is 1. The summed E-state index contributed by atoms with van der Waals surface area (Å²) in [6.45, 7) is -0.535. The van der Waals surface area contributed by atoms with Gasteiger partial charge in [0.15, 0.2) is 5.69 Å². The maximum absolute atomic E-state index is 13.0. The molecule has 0 unspecified atom stereocenters. The van der Waals surface area contributed by atoms with Gasteiger partial charge in [0.25, 0.3) is 11.5 Å². The molecule has 0 saturated heterocycles. The third kappa shape index (κ3) is 5.24. The Morgan fingerprint density at radius 1 is 1.18 bits per heavy atom. The van der Waals surface area contributed by atoms with Gasteiger partial charge in [0.05, 0.1) is 17.9 Å². The van der Waals surface area contributed by atoms with E-state index in [1.807, 2.05) is 12.1 Å². The minimum atomic E-state index is -0.952. The van der Waals surface area contributed by atoms with Gasteiger partial charge >= 0.3 is 0 Å². The monoisotopic (exact) mass is 482 g/mol. The fourth-order valence-electron chi connectivity index (χ4n) is 3.56. The van der Waals surface area contributed by atoms with Crippen LogP contribution in [0.5, 0.6) is 5.75 Å². The lowest BCUT2D eigenvalue weighted by Crippen LogP contribution is -2.24. The molecule has 4 aromatic rings. The van der Waals surface area contributed by atoms with Crippen molar-refractivity contribution < 1.29 is 18.7 Å². The van der Waals surface area contributed by atoms with Crippen LogP contribution in [0.1, 0.15) is 32.2 Å². The summed E-state index contributed by atoms with van der Waals surface area (Å²) in [6.07, 6.45) is 2.03. The number of H-pyrrole nitrogens is 2. The topological polar surface area (TPSA) is 109 Å². The first-order chi connectivity index (χ1) is 16.6. The number of benzene rings is 1. The first-order valence-electron chi connectivity index (χ1n) is 10.5. The third-order valence-electron chi connectivity index (χ3n) is 5.17. The Morgan fingerprint density at radius 2 is 2.03 bits per heavy atom. The van der Waals surface area contributed by atoms with Crippen molar-refractivity contribution in [1.29, 1.82) is 0 Å². The molecular weight excluding hydrogens is 459 g/mol. The molecule has 3 aromatic heterocycles. The summed E-state index contributed by atoms with van der Waals surface area (Å²) in [5, 5.41) is 9.94. The van der Waals surface area contributed by atoms with Gasteiger partial charge in [-0.3, -0.25) is 14.7 Å². The number of nitrogens with zero attached hydrogens (tertiary/aromatic N) is 1. The number of carbonyl (C=O) groups excluding carboxylic acids is 1. The second-order valence-electron chi connectivity index (χ2n) is 7.36. The largest absolute Gasteiger partial charge is 0.463 e. The highest BCUT2D eigenvalue weighted by Gasteiger charge is 2.21. The van der Waals surface area contributed by atoms with Gasteiger partial charge in [-0.1, -0.05) is 18.2 Å². The lowest BCUT2D eigenvalue weighted by Gasteiger charge is -2.10. The van der Waals surface area contributed by atoms with E-state index in [0.717, 1.165) is 9.75 Å². The van der Waals surface area contributed by atoms with Crippen LogP contribution >= 0.6 is 11.3 Å². The molecule has 176 valence electrons. The smallest absolute Gasteiger partial charge is 0.272 e. The van der Waals surface area contributed by atoms with E-state index >= 15 is 0 Å². The summed E-state index contributed by atoms with van der Waals surface area (Å²) < 4.78 is 22.9. The van der Waals surface area contributed by atoms with E-state index < -0.39 is 6.86 Å². The van der Waals surface area contributed by atoms with Gasteiger partial charge in [-0.25, -0.2) is 4.39 Å². The predicted octanol–water partition coefficient (Wildman–Crippen LogP) is 3.80. The van der Waals surface area contributed by atoms with Crippen LogP contribution < -0.4 is 15.6 Å². The molecule has 0 bridgehead atoms. The third-order valence-corrected chi connectivity index (χ3v) is 6.29. The molecule has 34 heavy (non-hydrogen) atoms.